The highest BCUT2D eigenvalue weighted by Gasteiger charge is 2.24. The van der Waals surface area contributed by atoms with Gasteiger partial charge in [0.25, 0.3) is 5.91 Å². The first-order chi connectivity index (χ1) is 14.7. The summed E-state index contributed by atoms with van der Waals surface area (Å²) in [7, 11) is 2.16. The molecule has 1 saturated heterocycles. The molecule has 4 nitrogen and oxygen atoms in total. The van der Waals surface area contributed by atoms with Crippen molar-refractivity contribution in [1.82, 2.24) is 15.1 Å². The van der Waals surface area contributed by atoms with Crippen molar-refractivity contribution in [2.24, 2.45) is 0 Å². The van der Waals surface area contributed by atoms with Gasteiger partial charge in [-0.25, -0.2) is 0 Å². The van der Waals surface area contributed by atoms with Crippen LogP contribution in [-0.2, 0) is 0 Å². The second-order valence-electron chi connectivity index (χ2n) is 7.92. The molecule has 1 aliphatic rings. The third-order valence-electron chi connectivity index (χ3n) is 5.85. The summed E-state index contributed by atoms with van der Waals surface area (Å²) in [4.78, 5) is 17.8. The van der Waals surface area contributed by atoms with E-state index < -0.39 is 0 Å². The maximum absolute atomic E-state index is 13.0. The lowest BCUT2D eigenvalue weighted by atomic mass is 10.0. The molecule has 1 amide bonds. The van der Waals surface area contributed by atoms with Gasteiger partial charge in [-0.3, -0.25) is 9.69 Å². The Bertz CT molecular complexity index is 950. The Hall–Kier alpha value is -2.95. The summed E-state index contributed by atoms with van der Waals surface area (Å²) >= 11 is 0. The Morgan fingerprint density at radius 3 is 2.17 bits per heavy atom. The van der Waals surface area contributed by atoms with E-state index in [-0.39, 0.29) is 11.9 Å². The number of benzene rings is 3. The lowest BCUT2D eigenvalue weighted by Gasteiger charge is -2.38. The number of likely N-dealkylation sites (N-methyl/N-ethyl adjacent to an activating group) is 1. The van der Waals surface area contributed by atoms with Gasteiger partial charge < -0.3 is 10.2 Å². The quantitative estimate of drug-likeness (QED) is 0.679. The molecule has 0 bridgehead atoms. The van der Waals surface area contributed by atoms with Gasteiger partial charge in [0.1, 0.15) is 0 Å². The number of carbonyl (C=O) groups excluding carboxylic acids is 1. The summed E-state index contributed by atoms with van der Waals surface area (Å²) in [5, 5.41) is 3.19. The molecule has 1 heterocycles. The third-order valence-corrected chi connectivity index (χ3v) is 5.85. The molecule has 0 aliphatic carbocycles. The van der Waals surface area contributed by atoms with Crippen LogP contribution in [0.4, 0.5) is 0 Å². The Kier molecular flexibility index (Phi) is 6.57. The van der Waals surface area contributed by atoms with Crippen LogP contribution in [0.2, 0.25) is 0 Å². The lowest BCUT2D eigenvalue weighted by Crippen LogP contribution is -2.48. The van der Waals surface area contributed by atoms with Crippen LogP contribution in [0, 0.1) is 0 Å². The zero-order valence-electron chi connectivity index (χ0n) is 17.5. The van der Waals surface area contributed by atoms with E-state index in [0.29, 0.717) is 12.1 Å². The zero-order chi connectivity index (χ0) is 20.8. The molecular weight excluding hydrogens is 370 g/mol. The fourth-order valence-electron chi connectivity index (χ4n) is 4.03. The van der Waals surface area contributed by atoms with Gasteiger partial charge in [-0.1, -0.05) is 72.8 Å². The van der Waals surface area contributed by atoms with Crippen LogP contribution in [-0.4, -0.2) is 55.5 Å². The zero-order valence-corrected chi connectivity index (χ0v) is 17.5. The van der Waals surface area contributed by atoms with Crippen LogP contribution < -0.4 is 5.32 Å². The topological polar surface area (TPSA) is 35.6 Å². The van der Waals surface area contributed by atoms with E-state index in [2.05, 4.69) is 58.6 Å². The Balaban J connectivity index is 1.48. The number of rotatable bonds is 6. The molecule has 0 aromatic heterocycles. The summed E-state index contributed by atoms with van der Waals surface area (Å²) < 4.78 is 0. The van der Waals surface area contributed by atoms with Crippen LogP contribution in [0.5, 0.6) is 0 Å². The van der Waals surface area contributed by atoms with E-state index in [1.165, 1.54) is 5.56 Å². The summed E-state index contributed by atoms with van der Waals surface area (Å²) in [6, 6.07) is 28.7. The summed E-state index contributed by atoms with van der Waals surface area (Å²) in [5.41, 5.74) is 4.12. The minimum Gasteiger partial charge on any atom is -0.350 e. The number of hydrogen-bond acceptors (Lipinski definition) is 3. The molecule has 1 aliphatic heterocycles. The minimum absolute atomic E-state index is 0.0251. The molecular formula is C26H29N3O. The largest absolute Gasteiger partial charge is 0.350 e. The third kappa shape index (κ3) is 4.96. The van der Waals surface area contributed by atoms with Crippen LogP contribution in [0.1, 0.15) is 22.0 Å². The molecule has 1 unspecified atom stereocenters. The first kappa shape index (κ1) is 20.3. The fourth-order valence-corrected chi connectivity index (χ4v) is 4.03. The van der Waals surface area contributed by atoms with Gasteiger partial charge >= 0.3 is 0 Å². The molecule has 30 heavy (non-hydrogen) atoms. The van der Waals surface area contributed by atoms with Gasteiger partial charge in [-0.2, -0.15) is 0 Å². The lowest BCUT2D eigenvalue weighted by molar-refractivity contribution is 0.0886. The predicted octanol–water partition coefficient (Wildman–Crippen LogP) is 4.07. The molecule has 4 heteroatoms. The van der Waals surface area contributed by atoms with E-state index in [4.69, 9.17) is 0 Å². The van der Waals surface area contributed by atoms with Crippen LogP contribution >= 0.6 is 0 Å². The van der Waals surface area contributed by atoms with E-state index in [1.54, 1.807) is 0 Å². The van der Waals surface area contributed by atoms with Crippen molar-refractivity contribution in [2.45, 2.75) is 6.04 Å². The van der Waals surface area contributed by atoms with Crippen molar-refractivity contribution in [3.8, 4) is 11.1 Å². The van der Waals surface area contributed by atoms with Crippen LogP contribution in [0.25, 0.3) is 11.1 Å². The van der Waals surface area contributed by atoms with Crippen molar-refractivity contribution >= 4 is 5.91 Å². The van der Waals surface area contributed by atoms with Crippen LogP contribution in [0.3, 0.4) is 0 Å². The number of piperazine rings is 1. The first-order valence-electron chi connectivity index (χ1n) is 10.6. The maximum Gasteiger partial charge on any atom is 0.251 e. The molecule has 3 aromatic rings. The average Bonchev–Trinajstić information content (AvgIpc) is 2.81. The predicted molar refractivity (Wildman–Crippen MR) is 122 cm³/mol. The van der Waals surface area contributed by atoms with Crippen molar-refractivity contribution in [3.63, 3.8) is 0 Å². The van der Waals surface area contributed by atoms with Crippen molar-refractivity contribution in [2.75, 3.05) is 39.8 Å². The molecule has 4 rings (SSSR count). The van der Waals surface area contributed by atoms with Crippen molar-refractivity contribution in [3.05, 3.63) is 96.1 Å². The second kappa shape index (κ2) is 9.70. The molecule has 1 atom stereocenters. The van der Waals surface area contributed by atoms with E-state index in [9.17, 15) is 4.79 Å². The summed E-state index contributed by atoms with van der Waals surface area (Å²) in [5.74, 6) is -0.0251. The number of nitrogens with one attached hydrogen (secondary N) is 1. The summed E-state index contributed by atoms with van der Waals surface area (Å²) in [6.45, 7) is 4.72. The minimum atomic E-state index is -0.0251. The molecule has 1 N–H and O–H groups in total. The van der Waals surface area contributed by atoms with Crippen molar-refractivity contribution < 1.29 is 4.79 Å². The highest BCUT2D eigenvalue weighted by Crippen LogP contribution is 2.23. The number of nitrogens with zero attached hydrogens (tertiary/aromatic N) is 2. The maximum atomic E-state index is 13.0. The Labute approximate surface area is 179 Å². The van der Waals surface area contributed by atoms with Gasteiger partial charge in [-0.05, 0) is 35.9 Å². The smallest absolute Gasteiger partial charge is 0.251 e. The van der Waals surface area contributed by atoms with Crippen molar-refractivity contribution in [1.29, 1.82) is 0 Å². The SMILES string of the molecule is CN1CCN(C(CNC(=O)c2cccc(-c3ccccc3)c2)c2ccccc2)CC1. The number of amides is 1. The Morgan fingerprint density at radius 1 is 0.833 bits per heavy atom. The van der Waals surface area contributed by atoms with Gasteiger partial charge in [0.15, 0.2) is 0 Å². The molecule has 154 valence electrons. The van der Waals surface area contributed by atoms with Gasteiger partial charge in [0.05, 0.1) is 6.04 Å². The first-order valence-corrected chi connectivity index (χ1v) is 10.6. The Morgan fingerprint density at radius 2 is 1.47 bits per heavy atom. The second-order valence-corrected chi connectivity index (χ2v) is 7.92. The average molecular weight is 400 g/mol. The standard InChI is InChI=1S/C26H29N3O/c1-28-15-17-29(18-16-28)25(22-11-6-3-7-12-22)20-27-26(30)24-14-8-13-23(19-24)21-9-4-2-5-10-21/h2-14,19,25H,15-18,20H2,1H3,(H,27,30). The number of carbonyl (C=O) groups is 1. The molecule has 0 saturated carbocycles. The van der Waals surface area contributed by atoms with Gasteiger partial charge in [0.2, 0.25) is 0 Å². The van der Waals surface area contributed by atoms with E-state index in [0.717, 1.165) is 37.3 Å². The highest BCUT2D eigenvalue weighted by atomic mass is 16.1. The van der Waals surface area contributed by atoms with Gasteiger partial charge in [0, 0.05) is 38.3 Å². The van der Waals surface area contributed by atoms with Crippen LogP contribution in [0.15, 0.2) is 84.9 Å². The summed E-state index contributed by atoms with van der Waals surface area (Å²) in [6.07, 6.45) is 0. The molecule has 3 aromatic carbocycles. The number of hydrogen-bond donors (Lipinski definition) is 1. The molecule has 1 fully saturated rings. The monoisotopic (exact) mass is 399 g/mol. The van der Waals surface area contributed by atoms with Gasteiger partial charge in [-0.15, -0.1) is 0 Å². The fraction of sp³-hybridized carbons (Fsp3) is 0.269. The van der Waals surface area contributed by atoms with E-state index in [1.807, 2.05) is 48.5 Å². The van der Waals surface area contributed by atoms with E-state index >= 15 is 0 Å². The molecule has 0 radical (unpaired) electrons. The highest BCUT2D eigenvalue weighted by molar-refractivity contribution is 5.95. The normalized spacial score (nSPS) is 16.2. The molecule has 0 spiro atoms.